The molecule has 0 fully saturated rings. The maximum atomic E-state index is 11.7. The molecule has 0 aliphatic heterocycles. The SMILES string of the molecule is CCNCC(=O)c1ccc(OCC)c(C)c1. The number of carbonyl (C=O) groups excluding carboxylic acids is 1. The van der Waals surface area contributed by atoms with Crippen LogP contribution in [0.25, 0.3) is 0 Å². The molecule has 0 aromatic heterocycles. The molecule has 0 heterocycles. The molecular weight excluding hydrogens is 202 g/mol. The van der Waals surface area contributed by atoms with Crippen molar-refractivity contribution in [1.82, 2.24) is 5.32 Å². The van der Waals surface area contributed by atoms with Crippen LogP contribution in [-0.2, 0) is 0 Å². The molecule has 3 nitrogen and oxygen atoms in total. The predicted molar refractivity (Wildman–Crippen MR) is 65.2 cm³/mol. The van der Waals surface area contributed by atoms with Crippen molar-refractivity contribution >= 4 is 5.78 Å². The normalized spacial score (nSPS) is 10.2. The summed E-state index contributed by atoms with van der Waals surface area (Å²) in [5.41, 5.74) is 1.74. The number of ketones is 1. The summed E-state index contributed by atoms with van der Waals surface area (Å²) in [5, 5.41) is 3.02. The Hall–Kier alpha value is -1.35. The third-order valence-electron chi connectivity index (χ3n) is 2.33. The minimum absolute atomic E-state index is 0.119. The Morgan fingerprint density at radius 1 is 1.38 bits per heavy atom. The van der Waals surface area contributed by atoms with Gasteiger partial charge in [-0.3, -0.25) is 4.79 Å². The Labute approximate surface area is 96.8 Å². The van der Waals surface area contributed by atoms with Gasteiger partial charge in [-0.25, -0.2) is 0 Å². The first-order valence-corrected chi connectivity index (χ1v) is 5.66. The highest BCUT2D eigenvalue weighted by atomic mass is 16.5. The Balaban J connectivity index is 2.76. The van der Waals surface area contributed by atoms with Crippen LogP contribution in [-0.4, -0.2) is 25.5 Å². The molecule has 0 atom stereocenters. The van der Waals surface area contributed by atoms with Crippen LogP contribution in [0.1, 0.15) is 29.8 Å². The highest BCUT2D eigenvalue weighted by Gasteiger charge is 2.07. The van der Waals surface area contributed by atoms with Gasteiger partial charge in [0, 0.05) is 5.56 Å². The number of hydrogen-bond donors (Lipinski definition) is 1. The van der Waals surface area contributed by atoms with Gasteiger partial charge in [-0.2, -0.15) is 0 Å². The van der Waals surface area contributed by atoms with Gasteiger partial charge in [0.2, 0.25) is 0 Å². The summed E-state index contributed by atoms with van der Waals surface area (Å²) >= 11 is 0. The van der Waals surface area contributed by atoms with E-state index in [1.54, 1.807) is 0 Å². The van der Waals surface area contributed by atoms with Crippen LogP contribution in [0.2, 0.25) is 0 Å². The lowest BCUT2D eigenvalue weighted by molar-refractivity contribution is 0.0991. The van der Waals surface area contributed by atoms with E-state index in [0.29, 0.717) is 13.2 Å². The molecule has 0 bridgehead atoms. The van der Waals surface area contributed by atoms with Crippen LogP contribution in [0.5, 0.6) is 5.75 Å². The fourth-order valence-electron chi connectivity index (χ4n) is 1.48. The molecule has 88 valence electrons. The van der Waals surface area contributed by atoms with Gasteiger partial charge in [-0.1, -0.05) is 6.92 Å². The van der Waals surface area contributed by atoms with Crippen LogP contribution in [0, 0.1) is 6.92 Å². The first-order chi connectivity index (χ1) is 7.69. The first-order valence-electron chi connectivity index (χ1n) is 5.66. The van der Waals surface area contributed by atoms with E-state index >= 15 is 0 Å². The number of benzene rings is 1. The summed E-state index contributed by atoms with van der Waals surface area (Å²) < 4.78 is 5.43. The van der Waals surface area contributed by atoms with Crippen molar-refractivity contribution in [3.05, 3.63) is 29.3 Å². The zero-order valence-corrected chi connectivity index (χ0v) is 10.2. The molecule has 1 aromatic rings. The minimum Gasteiger partial charge on any atom is -0.494 e. The molecule has 1 N–H and O–H groups in total. The molecule has 0 radical (unpaired) electrons. The molecule has 0 unspecified atom stereocenters. The zero-order chi connectivity index (χ0) is 12.0. The van der Waals surface area contributed by atoms with E-state index in [1.807, 2.05) is 39.0 Å². The molecule has 1 rings (SSSR count). The first kappa shape index (κ1) is 12.7. The van der Waals surface area contributed by atoms with Crippen molar-refractivity contribution in [3.8, 4) is 5.75 Å². The molecule has 0 aliphatic carbocycles. The lowest BCUT2D eigenvalue weighted by Gasteiger charge is -2.08. The van der Waals surface area contributed by atoms with Crippen LogP contribution >= 0.6 is 0 Å². The van der Waals surface area contributed by atoms with Crippen molar-refractivity contribution < 1.29 is 9.53 Å². The molecule has 0 aliphatic rings. The van der Waals surface area contributed by atoms with Gasteiger partial charge in [0.1, 0.15) is 5.75 Å². The van der Waals surface area contributed by atoms with Crippen molar-refractivity contribution in [2.24, 2.45) is 0 Å². The fourth-order valence-corrected chi connectivity index (χ4v) is 1.48. The van der Waals surface area contributed by atoms with E-state index in [9.17, 15) is 4.79 Å². The van der Waals surface area contributed by atoms with Gasteiger partial charge in [0.05, 0.1) is 13.2 Å². The zero-order valence-electron chi connectivity index (χ0n) is 10.2. The third kappa shape index (κ3) is 3.35. The van der Waals surface area contributed by atoms with Crippen molar-refractivity contribution in [1.29, 1.82) is 0 Å². The standard InChI is InChI=1S/C13H19NO2/c1-4-14-9-12(15)11-6-7-13(16-5-2)10(3)8-11/h6-8,14H,4-5,9H2,1-3H3. The number of ether oxygens (including phenoxy) is 1. The topological polar surface area (TPSA) is 38.3 Å². The Kier molecular flexibility index (Phi) is 4.99. The van der Waals surface area contributed by atoms with Gasteiger partial charge in [0.25, 0.3) is 0 Å². The minimum atomic E-state index is 0.119. The van der Waals surface area contributed by atoms with E-state index in [1.165, 1.54) is 0 Å². The van der Waals surface area contributed by atoms with E-state index in [2.05, 4.69) is 5.32 Å². The molecule has 0 amide bonds. The van der Waals surface area contributed by atoms with Crippen LogP contribution < -0.4 is 10.1 Å². The average molecular weight is 221 g/mol. The van der Waals surface area contributed by atoms with Gasteiger partial charge in [-0.15, -0.1) is 0 Å². The largest absolute Gasteiger partial charge is 0.494 e. The average Bonchev–Trinajstić information content (AvgIpc) is 2.29. The van der Waals surface area contributed by atoms with E-state index in [-0.39, 0.29) is 5.78 Å². The predicted octanol–water partition coefficient (Wildman–Crippen LogP) is 2.19. The van der Waals surface area contributed by atoms with Crippen LogP contribution in [0.4, 0.5) is 0 Å². The van der Waals surface area contributed by atoms with Crippen molar-refractivity contribution in [3.63, 3.8) is 0 Å². The smallest absolute Gasteiger partial charge is 0.176 e. The summed E-state index contributed by atoms with van der Waals surface area (Å²) in [4.78, 5) is 11.7. The number of hydrogen-bond acceptors (Lipinski definition) is 3. The molecule has 0 saturated heterocycles. The quantitative estimate of drug-likeness (QED) is 0.748. The van der Waals surface area contributed by atoms with E-state index < -0.39 is 0 Å². The lowest BCUT2D eigenvalue weighted by atomic mass is 10.1. The Morgan fingerprint density at radius 3 is 2.69 bits per heavy atom. The van der Waals surface area contributed by atoms with E-state index in [0.717, 1.165) is 23.4 Å². The molecule has 0 saturated carbocycles. The summed E-state index contributed by atoms with van der Waals surface area (Å²) in [6, 6.07) is 5.56. The van der Waals surface area contributed by atoms with Crippen LogP contribution in [0.15, 0.2) is 18.2 Å². The summed E-state index contributed by atoms with van der Waals surface area (Å²) in [5.74, 6) is 0.968. The number of Topliss-reactive ketones (excluding diaryl/α,β-unsaturated/α-hetero) is 1. The van der Waals surface area contributed by atoms with Gasteiger partial charge in [-0.05, 0) is 44.2 Å². The molecule has 3 heteroatoms. The summed E-state index contributed by atoms with van der Waals surface area (Å²) in [7, 11) is 0. The summed E-state index contributed by atoms with van der Waals surface area (Å²) in [6.07, 6.45) is 0. The number of rotatable bonds is 6. The Morgan fingerprint density at radius 2 is 2.12 bits per heavy atom. The lowest BCUT2D eigenvalue weighted by Crippen LogP contribution is -2.22. The van der Waals surface area contributed by atoms with Gasteiger partial charge in [0.15, 0.2) is 5.78 Å². The molecule has 16 heavy (non-hydrogen) atoms. The monoisotopic (exact) mass is 221 g/mol. The van der Waals surface area contributed by atoms with E-state index in [4.69, 9.17) is 4.74 Å². The highest BCUT2D eigenvalue weighted by Crippen LogP contribution is 2.19. The second kappa shape index (κ2) is 6.28. The number of nitrogens with one attached hydrogen (secondary N) is 1. The summed E-state index contributed by atoms with van der Waals surface area (Å²) in [6.45, 7) is 7.73. The molecular formula is C13H19NO2. The fraction of sp³-hybridized carbons (Fsp3) is 0.462. The molecule has 1 aromatic carbocycles. The van der Waals surface area contributed by atoms with Gasteiger partial charge >= 0.3 is 0 Å². The second-order valence-corrected chi connectivity index (χ2v) is 3.62. The van der Waals surface area contributed by atoms with Crippen LogP contribution in [0.3, 0.4) is 0 Å². The third-order valence-corrected chi connectivity index (χ3v) is 2.33. The van der Waals surface area contributed by atoms with Crippen molar-refractivity contribution in [2.75, 3.05) is 19.7 Å². The number of likely N-dealkylation sites (N-methyl/N-ethyl adjacent to an activating group) is 1. The number of carbonyl (C=O) groups is 1. The molecule has 0 spiro atoms. The highest BCUT2D eigenvalue weighted by molar-refractivity contribution is 5.97. The second-order valence-electron chi connectivity index (χ2n) is 3.62. The number of aryl methyl sites for hydroxylation is 1. The Bertz CT molecular complexity index is 361. The maximum absolute atomic E-state index is 11.7. The van der Waals surface area contributed by atoms with Gasteiger partial charge < -0.3 is 10.1 Å². The maximum Gasteiger partial charge on any atom is 0.176 e. The van der Waals surface area contributed by atoms with Crippen molar-refractivity contribution in [2.45, 2.75) is 20.8 Å².